The van der Waals surface area contributed by atoms with E-state index in [-0.39, 0.29) is 19.0 Å². The van der Waals surface area contributed by atoms with Gasteiger partial charge in [-0.2, -0.15) is 5.10 Å². The first-order valence-electron chi connectivity index (χ1n) is 6.49. The number of hydrogen-bond donors (Lipinski definition) is 2. The fourth-order valence-corrected chi connectivity index (χ4v) is 1.83. The molecule has 0 fully saturated rings. The van der Waals surface area contributed by atoms with Crippen molar-refractivity contribution in [2.75, 3.05) is 18.2 Å². The van der Waals surface area contributed by atoms with E-state index < -0.39 is 11.2 Å². The second kappa shape index (κ2) is 7.06. The van der Waals surface area contributed by atoms with E-state index in [1.165, 1.54) is 18.1 Å². The van der Waals surface area contributed by atoms with E-state index in [0.717, 1.165) is 10.1 Å². The lowest BCUT2D eigenvalue weighted by Crippen LogP contribution is -2.35. The Hall–Kier alpha value is -2.38. The van der Waals surface area contributed by atoms with Gasteiger partial charge in [-0.05, 0) is 17.7 Å². The van der Waals surface area contributed by atoms with E-state index in [1.54, 1.807) is 30.5 Å². The van der Waals surface area contributed by atoms with E-state index in [2.05, 4.69) is 10.1 Å². The molecule has 0 aliphatic carbocycles. The summed E-state index contributed by atoms with van der Waals surface area (Å²) in [5.74, 6) is 0.215. The molecule has 0 aliphatic rings. The van der Waals surface area contributed by atoms with Gasteiger partial charge in [0.25, 0.3) is 5.56 Å². The highest BCUT2D eigenvalue weighted by Crippen LogP contribution is 2.09. The maximum Gasteiger partial charge on any atom is 0.329 e. The lowest BCUT2D eigenvalue weighted by atomic mass is 10.2. The van der Waals surface area contributed by atoms with Crippen molar-refractivity contribution in [3.63, 3.8) is 0 Å². The number of nitrogens with one attached hydrogen (secondary N) is 1. The van der Waals surface area contributed by atoms with E-state index in [4.69, 9.17) is 16.7 Å². The van der Waals surface area contributed by atoms with Crippen LogP contribution in [0.15, 0.2) is 45.0 Å². The molecule has 0 spiro atoms. The summed E-state index contributed by atoms with van der Waals surface area (Å²) in [4.78, 5) is 25.8. The van der Waals surface area contributed by atoms with E-state index in [9.17, 15) is 9.59 Å². The van der Waals surface area contributed by atoms with E-state index in [0.29, 0.717) is 5.02 Å². The Morgan fingerprint density at radius 2 is 2.05 bits per heavy atom. The summed E-state index contributed by atoms with van der Waals surface area (Å²) in [6, 6.07) is 8.24. The van der Waals surface area contributed by atoms with Gasteiger partial charge in [-0.1, -0.05) is 23.7 Å². The van der Waals surface area contributed by atoms with Crippen LogP contribution in [0.3, 0.4) is 0 Å². The van der Waals surface area contributed by atoms with Gasteiger partial charge in [0.2, 0.25) is 0 Å². The van der Waals surface area contributed by atoms with Crippen LogP contribution >= 0.6 is 11.6 Å². The second-order valence-electron chi connectivity index (χ2n) is 4.50. The van der Waals surface area contributed by atoms with Crippen LogP contribution in [-0.4, -0.2) is 34.0 Å². The Balaban J connectivity index is 2.32. The van der Waals surface area contributed by atoms with E-state index in [1.807, 2.05) is 0 Å². The molecule has 0 saturated carbocycles. The SMILES string of the molecule is Cn1c(=O)cc(N(CCO)/N=C/c2ccc(Cl)cc2)[nH]c1=O. The van der Waals surface area contributed by atoms with Gasteiger partial charge < -0.3 is 5.11 Å². The van der Waals surface area contributed by atoms with Gasteiger partial charge >= 0.3 is 5.69 Å². The predicted octanol–water partition coefficient (Wildman–Crippen LogP) is 0.560. The number of nitrogens with zero attached hydrogens (tertiary/aromatic N) is 3. The van der Waals surface area contributed by atoms with Crippen molar-refractivity contribution in [3.05, 3.63) is 61.8 Å². The van der Waals surface area contributed by atoms with Crippen LogP contribution in [0.5, 0.6) is 0 Å². The second-order valence-corrected chi connectivity index (χ2v) is 4.94. The minimum Gasteiger partial charge on any atom is -0.394 e. The van der Waals surface area contributed by atoms with Crippen molar-refractivity contribution in [2.45, 2.75) is 0 Å². The molecule has 0 bridgehead atoms. The number of hydrogen-bond acceptors (Lipinski definition) is 5. The van der Waals surface area contributed by atoms with Crippen molar-refractivity contribution < 1.29 is 5.11 Å². The Morgan fingerprint density at radius 3 is 2.64 bits per heavy atom. The zero-order valence-corrected chi connectivity index (χ0v) is 12.6. The minimum atomic E-state index is -0.549. The van der Waals surface area contributed by atoms with E-state index >= 15 is 0 Å². The Labute approximate surface area is 131 Å². The van der Waals surface area contributed by atoms with Crippen LogP contribution in [0.2, 0.25) is 5.02 Å². The Morgan fingerprint density at radius 1 is 1.36 bits per heavy atom. The van der Waals surface area contributed by atoms with Gasteiger partial charge in [0, 0.05) is 18.1 Å². The maximum atomic E-state index is 11.7. The molecule has 2 N–H and O–H groups in total. The normalized spacial score (nSPS) is 11.0. The molecule has 0 aliphatic heterocycles. The van der Waals surface area contributed by atoms with Gasteiger partial charge in [0.15, 0.2) is 0 Å². The highest BCUT2D eigenvalue weighted by atomic mass is 35.5. The fraction of sp³-hybridized carbons (Fsp3) is 0.214. The predicted molar refractivity (Wildman–Crippen MR) is 85.8 cm³/mol. The summed E-state index contributed by atoms with van der Waals surface area (Å²) in [5, 5.41) is 15.3. The number of H-pyrrole nitrogens is 1. The molecular formula is C14H15ClN4O3. The van der Waals surface area contributed by atoms with Crippen LogP contribution in [0, 0.1) is 0 Å². The molecule has 0 atom stereocenters. The van der Waals surface area contributed by atoms with Crippen molar-refractivity contribution in [2.24, 2.45) is 12.1 Å². The maximum absolute atomic E-state index is 11.7. The number of aliphatic hydroxyl groups is 1. The minimum absolute atomic E-state index is 0.132. The van der Waals surface area contributed by atoms with Gasteiger partial charge in [-0.3, -0.25) is 14.3 Å². The highest BCUT2D eigenvalue weighted by Gasteiger charge is 2.08. The molecule has 22 heavy (non-hydrogen) atoms. The molecule has 0 unspecified atom stereocenters. The monoisotopic (exact) mass is 322 g/mol. The number of benzene rings is 1. The van der Waals surface area contributed by atoms with Crippen molar-refractivity contribution in [3.8, 4) is 0 Å². The fourth-order valence-electron chi connectivity index (χ4n) is 1.70. The van der Waals surface area contributed by atoms with Crippen molar-refractivity contribution in [1.29, 1.82) is 0 Å². The quantitative estimate of drug-likeness (QED) is 0.621. The number of anilines is 1. The number of halogens is 1. The largest absolute Gasteiger partial charge is 0.394 e. The number of aliphatic hydroxyl groups excluding tert-OH is 1. The zero-order chi connectivity index (χ0) is 16.1. The van der Waals surface area contributed by atoms with Crippen LogP contribution in [0.25, 0.3) is 0 Å². The molecule has 1 aromatic heterocycles. The van der Waals surface area contributed by atoms with Crippen LogP contribution in [0.1, 0.15) is 5.56 Å². The average Bonchev–Trinajstić information content (AvgIpc) is 2.50. The van der Waals surface area contributed by atoms with Gasteiger partial charge in [-0.25, -0.2) is 9.80 Å². The third-order valence-corrected chi connectivity index (χ3v) is 3.19. The number of aromatic amines is 1. The molecule has 1 heterocycles. The summed E-state index contributed by atoms with van der Waals surface area (Å²) in [6.07, 6.45) is 1.54. The average molecular weight is 323 g/mol. The molecule has 116 valence electrons. The van der Waals surface area contributed by atoms with Gasteiger partial charge in [0.05, 0.1) is 19.4 Å². The highest BCUT2D eigenvalue weighted by molar-refractivity contribution is 6.30. The van der Waals surface area contributed by atoms with Gasteiger partial charge in [-0.15, -0.1) is 0 Å². The Kier molecular flexibility index (Phi) is 5.13. The van der Waals surface area contributed by atoms with Crippen LogP contribution in [-0.2, 0) is 7.05 Å². The standard InChI is InChI=1S/C14H15ClN4O3/c1-18-13(21)8-12(17-14(18)22)19(6-7-20)16-9-10-2-4-11(15)5-3-10/h2-5,8-9,20H,6-7H2,1H3,(H,17,22)/b16-9+. The first-order valence-corrected chi connectivity index (χ1v) is 6.87. The lowest BCUT2D eigenvalue weighted by Gasteiger charge is -2.17. The van der Waals surface area contributed by atoms with Crippen LogP contribution < -0.4 is 16.3 Å². The number of aromatic nitrogens is 2. The topological polar surface area (TPSA) is 90.7 Å². The first-order chi connectivity index (χ1) is 10.5. The molecular weight excluding hydrogens is 308 g/mol. The number of hydrazone groups is 1. The van der Waals surface area contributed by atoms with Gasteiger partial charge in [0.1, 0.15) is 5.82 Å². The first kappa shape index (κ1) is 16.0. The third kappa shape index (κ3) is 3.84. The summed E-state index contributed by atoms with van der Waals surface area (Å²) >= 11 is 5.80. The summed E-state index contributed by atoms with van der Waals surface area (Å²) in [5.41, 5.74) is -0.214. The molecule has 1 aromatic carbocycles. The third-order valence-electron chi connectivity index (χ3n) is 2.94. The molecule has 2 aromatic rings. The molecule has 0 saturated heterocycles. The van der Waals surface area contributed by atoms with Crippen LogP contribution in [0.4, 0.5) is 5.82 Å². The summed E-state index contributed by atoms with van der Waals surface area (Å²) in [7, 11) is 1.37. The molecule has 7 nitrogen and oxygen atoms in total. The molecule has 0 amide bonds. The van der Waals surface area contributed by atoms with Crippen molar-refractivity contribution in [1.82, 2.24) is 9.55 Å². The summed E-state index contributed by atoms with van der Waals surface area (Å²) < 4.78 is 0.948. The zero-order valence-electron chi connectivity index (χ0n) is 11.9. The van der Waals surface area contributed by atoms with Crippen molar-refractivity contribution >= 4 is 23.6 Å². The smallest absolute Gasteiger partial charge is 0.329 e. The molecule has 8 heteroatoms. The number of rotatable bonds is 5. The lowest BCUT2D eigenvalue weighted by molar-refractivity contribution is 0.302. The molecule has 0 radical (unpaired) electrons. The Bertz CT molecular complexity index is 749. The molecule has 2 rings (SSSR count). The summed E-state index contributed by atoms with van der Waals surface area (Å²) in [6.45, 7) is -0.0532.